The third-order valence-electron chi connectivity index (χ3n) is 0.981. The molecule has 0 fully saturated rings. The SMILES string of the molecule is CCCO[NH+]1C=CC=N1. The average molecular weight is 127 g/mol. The topological polar surface area (TPSA) is 26.0 Å². The maximum Gasteiger partial charge on any atom is 0.157 e. The molecule has 0 aromatic heterocycles. The summed E-state index contributed by atoms with van der Waals surface area (Å²) in [5.41, 5.74) is 0. The van der Waals surface area contributed by atoms with Gasteiger partial charge in [0.15, 0.2) is 6.20 Å². The van der Waals surface area contributed by atoms with E-state index in [2.05, 4.69) is 12.0 Å². The molecule has 1 rings (SSSR count). The lowest BCUT2D eigenvalue weighted by atomic mass is 10.5. The third-order valence-corrected chi connectivity index (χ3v) is 0.981. The van der Waals surface area contributed by atoms with Crippen molar-refractivity contribution in [2.24, 2.45) is 5.10 Å². The van der Waals surface area contributed by atoms with Crippen molar-refractivity contribution in [1.82, 2.24) is 0 Å². The van der Waals surface area contributed by atoms with Gasteiger partial charge in [-0.3, -0.25) is 0 Å². The second-order valence-corrected chi connectivity index (χ2v) is 1.82. The van der Waals surface area contributed by atoms with Crippen LogP contribution in [0.15, 0.2) is 17.4 Å². The maximum absolute atomic E-state index is 5.18. The van der Waals surface area contributed by atoms with Crippen molar-refractivity contribution in [3.8, 4) is 0 Å². The molecule has 3 heteroatoms. The second kappa shape index (κ2) is 3.37. The molecular formula is C6H11N2O+. The highest BCUT2D eigenvalue weighted by atomic mass is 16.7. The minimum Gasteiger partial charge on any atom is -0.171 e. The van der Waals surface area contributed by atoms with Gasteiger partial charge in [0.2, 0.25) is 0 Å². The highest BCUT2D eigenvalue weighted by Crippen LogP contribution is 1.74. The molecule has 1 heterocycles. The lowest BCUT2D eigenvalue weighted by Crippen LogP contribution is -3.00. The number of quaternary nitrogens is 1. The molecule has 0 radical (unpaired) electrons. The summed E-state index contributed by atoms with van der Waals surface area (Å²) in [5.74, 6) is 0. The van der Waals surface area contributed by atoms with E-state index in [4.69, 9.17) is 4.84 Å². The van der Waals surface area contributed by atoms with Gasteiger partial charge in [-0.05, 0) is 11.6 Å². The van der Waals surface area contributed by atoms with Gasteiger partial charge in [-0.1, -0.05) is 12.0 Å². The molecule has 9 heavy (non-hydrogen) atoms. The fourth-order valence-corrected chi connectivity index (χ4v) is 0.577. The Balaban J connectivity index is 2.13. The standard InChI is InChI=1S/C6H10N2O/c1-2-6-9-8-5-3-4-7-8/h3-5H,2,6H2,1H3/p+1. The largest absolute Gasteiger partial charge is 0.171 e. The van der Waals surface area contributed by atoms with Crippen molar-refractivity contribution in [2.75, 3.05) is 6.61 Å². The summed E-state index contributed by atoms with van der Waals surface area (Å²) in [4.78, 5) is 5.18. The van der Waals surface area contributed by atoms with Crippen LogP contribution in [0.2, 0.25) is 0 Å². The molecule has 1 atom stereocenters. The monoisotopic (exact) mass is 127 g/mol. The molecule has 1 unspecified atom stereocenters. The van der Waals surface area contributed by atoms with Crippen LogP contribution in [0.25, 0.3) is 0 Å². The van der Waals surface area contributed by atoms with Crippen molar-refractivity contribution in [1.29, 1.82) is 0 Å². The average Bonchev–Trinajstić information content (AvgIpc) is 2.34. The van der Waals surface area contributed by atoms with E-state index in [9.17, 15) is 0 Å². The minimum absolute atomic E-state index is 0.733. The first-order valence-electron chi connectivity index (χ1n) is 3.14. The van der Waals surface area contributed by atoms with E-state index >= 15 is 0 Å². The first-order valence-corrected chi connectivity index (χ1v) is 3.14. The van der Waals surface area contributed by atoms with Crippen LogP contribution in [0.4, 0.5) is 0 Å². The van der Waals surface area contributed by atoms with Gasteiger partial charge in [-0.15, -0.1) is 0 Å². The fraction of sp³-hybridized carbons (Fsp3) is 0.500. The normalized spacial score (nSPS) is 23.4. The van der Waals surface area contributed by atoms with Crippen molar-refractivity contribution in [2.45, 2.75) is 13.3 Å². The molecular weight excluding hydrogens is 116 g/mol. The number of hydrogen-bond acceptors (Lipinski definition) is 2. The van der Waals surface area contributed by atoms with Crippen molar-refractivity contribution in [3.05, 3.63) is 12.3 Å². The van der Waals surface area contributed by atoms with Gasteiger partial charge in [0, 0.05) is 6.08 Å². The van der Waals surface area contributed by atoms with Crippen LogP contribution in [0, 0.1) is 0 Å². The third kappa shape index (κ3) is 1.95. The van der Waals surface area contributed by atoms with E-state index in [1.165, 1.54) is 0 Å². The van der Waals surface area contributed by atoms with Crippen LogP contribution in [0.5, 0.6) is 0 Å². The van der Waals surface area contributed by atoms with Crippen molar-refractivity contribution in [3.63, 3.8) is 0 Å². The van der Waals surface area contributed by atoms with Gasteiger partial charge >= 0.3 is 0 Å². The van der Waals surface area contributed by atoms with E-state index in [0.717, 1.165) is 18.2 Å². The van der Waals surface area contributed by atoms with E-state index in [1.807, 2.05) is 12.3 Å². The van der Waals surface area contributed by atoms with E-state index in [-0.39, 0.29) is 0 Å². The molecule has 0 spiro atoms. The minimum atomic E-state index is 0.733. The molecule has 0 bridgehead atoms. The van der Waals surface area contributed by atoms with Crippen LogP contribution in [-0.4, -0.2) is 12.8 Å². The zero-order valence-corrected chi connectivity index (χ0v) is 5.50. The molecule has 1 aliphatic heterocycles. The predicted octanol–water partition coefficient (Wildman–Crippen LogP) is -0.274. The quantitative estimate of drug-likeness (QED) is 0.554. The van der Waals surface area contributed by atoms with Crippen LogP contribution in [-0.2, 0) is 4.84 Å². The van der Waals surface area contributed by atoms with E-state index < -0.39 is 0 Å². The molecule has 1 aliphatic rings. The second-order valence-electron chi connectivity index (χ2n) is 1.82. The summed E-state index contributed by atoms with van der Waals surface area (Å²) < 4.78 is 0. The van der Waals surface area contributed by atoms with Gasteiger partial charge in [-0.2, -0.15) is 4.84 Å². The first kappa shape index (κ1) is 6.45. The molecule has 0 saturated carbocycles. The van der Waals surface area contributed by atoms with Crippen LogP contribution in [0.3, 0.4) is 0 Å². The van der Waals surface area contributed by atoms with Gasteiger partial charge in [0.05, 0.1) is 6.21 Å². The smallest absolute Gasteiger partial charge is 0.157 e. The van der Waals surface area contributed by atoms with Crippen LogP contribution >= 0.6 is 0 Å². The highest BCUT2D eigenvalue weighted by Gasteiger charge is 2.03. The number of allylic oxidation sites excluding steroid dienone is 1. The summed E-state index contributed by atoms with van der Waals surface area (Å²) >= 11 is 0. The molecule has 3 nitrogen and oxygen atoms in total. The Labute approximate surface area is 54.6 Å². The first-order chi connectivity index (χ1) is 4.43. The summed E-state index contributed by atoms with van der Waals surface area (Å²) in [5, 5.41) is 4.66. The Hall–Kier alpha value is -0.670. The van der Waals surface area contributed by atoms with Gasteiger partial charge < -0.3 is 0 Å². The fourth-order valence-electron chi connectivity index (χ4n) is 0.577. The van der Waals surface area contributed by atoms with Gasteiger partial charge in [-0.25, -0.2) is 0 Å². The number of hydroxylamine groups is 1. The lowest BCUT2D eigenvalue weighted by Gasteiger charge is -2.00. The number of nitrogens with one attached hydrogen (secondary N) is 1. The summed E-state index contributed by atoms with van der Waals surface area (Å²) in [6.45, 7) is 2.83. The van der Waals surface area contributed by atoms with Crippen LogP contribution < -0.4 is 5.17 Å². The van der Waals surface area contributed by atoms with E-state index in [1.54, 1.807) is 6.21 Å². The molecule has 0 aromatic rings. The zero-order chi connectivity index (χ0) is 6.53. The maximum atomic E-state index is 5.18. The Morgan fingerprint density at radius 3 is 3.11 bits per heavy atom. The lowest BCUT2D eigenvalue weighted by molar-refractivity contribution is -1.05. The summed E-state index contributed by atoms with van der Waals surface area (Å²) in [7, 11) is 0. The Bertz CT molecular complexity index is 119. The number of rotatable bonds is 3. The summed E-state index contributed by atoms with van der Waals surface area (Å²) in [6.07, 6.45) is 6.48. The predicted molar refractivity (Wildman–Crippen MR) is 34.8 cm³/mol. The van der Waals surface area contributed by atoms with E-state index in [0.29, 0.717) is 0 Å². The van der Waals surface area contributed by atoms with Crippen LogP contribution in [0.1, 0.15) is 13.3 Å². The van der Waals surface area contributed by atoms with Crippen molar-refractivity contribution >= 4 is 6.21 Å². The molecule has 0 amide bonds. The molecule has 50 valence electrons. The molecule has 1 N–H and O–H groups in total. The van der Waals surface area contributed by atoms with Crippen molar-refractivity contribution < 1.29 is 10.0 Å². The number of hydrogen-bond donors (Lipinski definition) is 1. The van der Waals surface area contributed by atoms with Gasteiger partial charge in [0.1, 0.15) is 6.61 Å². The number of nitrogens with zero attached hydrogens (tertiary/aromatic N) is 1. The summed E-state index contributed by atoms with van der Waals surface area (Å²) in [6, 6.07) is 0. The molecule has 0 aromatic carbocycles. The highest BCUT2D eigenvalue weighted by molar-refractivity contribution is 5.70. The molecule has 0 saturated heterocycles. The zero-order valence-electron chi connectivity index (χ0n) is 5.50. The molecule has 0 aliphatic carbocycles. The Morgan fingerprint density at radius 2 is 2.56 bits per heavy atom. The Morgan fingerprint density at radius 1 is 1.67 bits per heavy atom. The Kier molecular flexibility index (Phi) is 2.42. The van der Waals surface area contributed by atoms with Gasteiger partial charge in [0.25, 0.3) is 0 Å².